The molecule has 1 aromatic heterocycles. The van der Waals surface area contributed by atoms with E-state index in [2.05, 4.69) is 16.0 Å². The summed E-state index contributed by atoms with van der Waals surface area (Å²) < 4.78 is 13.1. The van der Waals surface area contributed by atoms with E-state index >= 15 is 0 Å². The van der Waals surface area contributed by atoms with Crippen LogP contribution < -0.4 is 20.5 Å². The van der Waals surface area contributed by atoms with Crippen LogP contribution in [-0.2, 0) is 6.42 Å². The fourth-order valence-corrected chi connectivity index (χ4v) is 3.26. The lowest BCUT2D eigenvalue weighted by Crippen LogP contribution is -2.48. The standard InChI is InChI=1S/C19H16FN7/c20-13-1-3-14(4-2-13)26-7-9-27(10-8-26)19-17(12-23)15(5-6-21)16(11-22)18(24)25-19/h1-4H,5,7-10H2,(H2,24,25)/p+1. The smallest absolute Gasteiger partial charge is 0.240 e. The van der Waals surface area contributed by atoms with E-state index in [9.17, 15) is 14.9 Å². The van der Waals surface area contributed by atoms with Crippen LogP contribution in [0, 0.1) is 39.8 Å². The number of benzene rings is 1. The Balaban J connectivity index is 1.88. The van der Waals surface area contributed by atoms with Crippen molar-refractivity contribution in [2.45, 2.75) is 6.42 Å². The minimum atomic E-state index is -0.274. The summed E-state index contributed by atoms with van der Waals surface area (Å²) in [4.78, 5) is 7.07. The van der Waals surface area contributed by atoms with Crippen molar-refractivity contribution in [3.63, 3.8) is 0 Å². The maximum atomic E-state index is 13.1. The van der Waals surface area contributed by atoms with Crippen LogP contribution in [0.5, 0.6) is 0 Å². The molecule has 0 aliphatic carbocycles. The highest BCUT2D eigenvalue weighted by molar-refractivity contribution is 5.65. The number of nitriles is 3. The number of rotatable bonds is 3. The van der Waals surface area contributed by atoms with E-state index < -0.39 is 0 Å². The third-order valence-corrected chi connectivity index (χ3v) is 4.63. The molecule has 1 aliphatic heterocycles. The highest BCUT2D eigenvalue weighted by Gasteiger charge is 2.29. The topological polar surface area (TPSA) is 118 Å². The van der Waals surface area contributed by atoms with Gasteiger partial charge in [-0.3, -0.25) is 4.90 Å². The van der Waals surface area contributed by atoms with Gasteiger partial charge in [0.1, 0.15) is 29.1 Å². The van der Waals surface area contributed by atoms with Crippen molar-refractivity contribution < 1.29 is 9.37 Å². The SMILES string of the molecule is N#CCc1c(C#N)c(N)[nH+]c(N2CCN(c3ccc(F)cc3)CC2)c1C#N. The zero-order chi connectivity index (χ0) is 19.4. The molecule has 1 saturated heterocycles. The lowest BCUT2D eigenvalue weighted by molar-refractivity contribution is -0.347. The molecular formula is C19H17FN7+. The molecule has 2 aromatic rings. The van der Waals surface area contributed by atoms with Crippen molar-refractivity contribution in [2.24, 2.45) is 0 Å². The zero-order valence-corrected chi connectivity index (χ0v) is 14.5. The summed E-state index contributed by atoms with van der Waals surface area (Å²) in [5, 5.41) is 28.0. The number of H-pyrrole nitrogens is 1. The van der Waals surface area contributed by atoms with Gasteiger partial charge in [0.05, 0.1) is 25.6 Å². The molecule has 134 valence electrons. The fourth-order valence-electron chi connectivity index (χ4n) is 3.26. The second kappa shape index (κ2) is 7.59. The summed E-state index contributed by atoms with van der Waals surface area (Å²) in [6.07, 6.45) is -0.0623. The van der Waals surface area contributed by atoms with Crippen LogP contribution >= 0.6 is 0 Å². The first-order valence-corrected chi connectivity index (χ1v) is 8.39. The van der Waals surface area contributed by atoms with Gasteiger partial charge in [0.15, 0.2) is 0 Å². The van der Waals surface area contributed by atoms with Crippen LogP contribution in [0.2, 0.25) is 0 Å². The second-order valence-corrected chi connectivity index (χ2v) is 6.12. The summed E-state index contributed by atoms with van der Waals surface area (Å²) in [6, 6.07) is 12.4. The van der Waals surface area contributed by atoms with Crippen LogP contribution in [0.1, 0.15) is 16.7 Å². The Morgan fingerprint density at radius 1 is 0.963 bits per heavy atom. The van der Waals surface area contributed by atoms with Gasteiger partial charge in [-0.1, -0.05) is 0 Å². The van der Waals surface area contributed by atoms with Crippen LogP contribution in [0.3, 0.4) is 0 Å². The molecule has 0 saturated carbocycles. The Morgan fingerprint density at radius 3 is 2.11 bits per heavy atom. The lowest BCUT2D eigenvalue weighted by Gasteiger charge is -2.34. The predicted octanol–water partition coefficient (Wildman–Crippen LogP) is 1.36. The van der Waals surface area contributed by atoms with Gasteiger partial charge in [-0.05, 0) is 24.3 Å². The van der Waals surface area contributed by atoms with Gasteiger partial charge in [0, 0.05) is 24.3 Å². The lowest BCUT2D eigenvalue weighted by atomic mass is 10.0. The number of piperazine rings is 1. The number of nitrogen functional groups attached to an aromatic ring is 1. The molecule has 0 amide bonds. The van der Waals surface area contributed by atoms with Crippen molar-refractivity contribution in [1.29, 1.82) is 15.8 Å². The largest absolute Gasteiger partial charge is 0.365 e. The number of halogens is 1. The van der Waals surface area contributed by atoms with Crippen LogP contribution in [0.4, 0.5) is 21.7 Å². The van der Waals surface area contributed by atoms with Gasteiger partial charge in [-0.2, -0.15) is 15.8 Å². The molecule has 0 spiro atoms. The number of nitrogens with one attached hydrogen (secondary N) is 1. The summed E-state index contributed by atoms with van der Waals surface area (Å²) in [5.41, 5.74) is 7.66. The number of hydrogen-bond donors (Lipinski definition) is 1. The molecular weight excluding hydrogens is 345 g/mol. The molecule has 0 unspecified atom stereocenters. The van der Waals surface area contributed by atoms with Gasteiger partial charge < -0.3 is 10.6 Å². The monoisotopic (exact) mass is 362 g/mol. The molecule has 0 radical (unpaired) electrons. The van der Waals surface area contributed by atoms with Crippen molar-refractivity contribution >= 4 is 17.3 Å². The normalized spacial score (nSPS) is 13.6. The van der Waals surface area contributed by atoms with Crippen molar-refractivity contribution in [3.05, 3.63) is 46.8 Å². The predicted molar refractivity (Wildman–Crippen MR) is 97.0 cm³/mol. The van der Waals surface area contributed by atoms with Crippen LogP contribution in [-0.4, -0.2) is 26.2 Å². The average molecular weight is 362 g/mol. The first-order chi connectivity index (χ1) is 13.1. The summed E-state index contributed by atoms with van der Waals surface area (Å²) in [7, 11) is 0. The second-order valence-electron chi connectivity index (χ2n) is 6.12. The number of hydrogen-bond acceptors (Lipinski definition) is 6. The minimum Gasteiger partial charge on any atom is -0.365 e. The molecule has 7 nitrogen and oxygen atoms in total. The van der Waals surface area contributed by atoms with E-state index in [1.54, 1.807) is 12.1 Å². The number of nitrogens with two attached hydrogens (primary N) is 1. The third-order valence-electron chi connectivity index (χ3n) is 4.63. The molecule has 2 heterocycles. The zero-order valence-electron chi connectivity index (χ0n) is 14.5. The molecule has 1 fully saturated rings. The molecule has 0 bridgehead atoms. The molecule has 0 atom stereocenters. The highest BCUT2D eigenvalue weighted by atomic mass is 19.1. The van der Waals surface area contributed by atoms with E-state index in [-0.39, 0.29) is 29.2 Å². The molecule has 3 N–H and O–H groups in total. The quantitative estimate of drug-likeness (QED) is 0.881. The summed E-state index contributed by atoms with van der Waals surface area (Å²) in [5.74, 6) is 0.402. The van der Waals surface area contributed by atoms with E-state index in [0.717, 1.165) is 5.69 Å². The van der Waals surface area contributed by atoms with Gasteiger partial charge in [0.25, 0.3) is 0 Å². The van der Waals surface area contributed by atoms with E-state index in [1.807, 2.05) is 17.0 Å². The fraction of sp³-hybridized carbons (Fsp3) is 0.263. The molecule has 1 aliphatic rings. The molecule has 8 heteroatoms. The highest BCUT2D eigenvalue weighted by Crippen LogP contribution is 2.26. The number of aromatic nitrogens is 1. The minimum absolute atomic E-state index is 0.0623. The van der Waals surface area contributed by atoms with Crippen molar-refractivity contribution in [1.82, 2.24) is 0 Å². The summed E-state index contributed by atoms with van der Waals surface area (Å²) in [6.45, 7) is 2.58. The maximum absolute atomic E-state index is 13.1. The molecule has 3 rings (SSSR count). The van der Waals surface area contributed by atoms with Gasteiger partial charge >= 0.3 is 0 Å². The van der Waals surface area contributed by atoms with Crippen LogP contribution in [0.15, 0.2) is 24.3 Å². The number of aromatic amines is 1. The van der Waals surface area contributed by atoms with Crippen molar-refractivity contribution in [2.75, 3.05) is 41.7 Å². The van der Waals surface area contributed by atoms with Crippen LogP contribution in [0.25, 0.3) is 0 Å². The van der Waals surface area contributed by atoms with E-state index in [1.165, 1.54) is 12.1 Å². The first kappa shape index (κ1) is 18.0. The van der Waals surface area contributed by atoms with Gasteiger partial charge in [0.2, 0.25) is 11.6 Å². The molecule has 27 heavy (non-hydrogen) atoms. The van der Waals surface area contributed by atoms with E-state index in [4.69, 9.17) is 11.0 Å². The summed E-state index contributed by atoms with van der Waals surface area (Å²) >= 11 is 0. The first-order valence-electron chi connectivity index (χ1n) is 8.39. The number of nitrogens with zero attached hydrogens (tertiary/aromatic N) is 5. The number of pyridine rings is 1. The number of anilines is 3. The Hall–Kier alpha value is -3.83. The molecule has 1 aromatic carbocycles. The average Bonchev–Trinajstić information content (AvgIpc) is 2.69. The Morgan fingerprint density at radius 2 is 1.56 bits per heavy atom. The van der Waals surface area contributed by atoms with Gasteiger partial charge in [-0.25, -0.2) is 9.37 Å². The Labute approximate surface area is 156 Å². The van der Waals surface area contributed by atoms with Gasteiger partial charge in [-0.15, -0.1) is 0 Å². The third kappa shape index (κ3) is 3.44. The Bertz CT molecular complexity index is 972. The van der Waals surface area contributed by atoms with E-state index in [0.29, 0.717) is 37.6 Å². The maximum Gasteiger partial charge on any atom is 0.240 e. The Kier molecular flexibility index (Phi) is 5.06. The van der Waals surface area contributed by atoms with Crippen molar-refractivity contribution in [3.8, 4) is 18.2 Å².